The molecule has 0 N–H and O–H groups in total. The highest BCUT2D eigenvalue weighted by Crippen LogP contribution is 2.20. The molecule has 0 amide bonds. The summed E-state index contributed by atoms with van der Waals surface area (Å²) in [5.41, 5.74) is 0.905. The van der Waals surface area contributed by atoms with E-state index in [0.29, 0.717) is 5.88 Å². The second kappa shape index (κ2) is 7.18. The van der Waals surface area contributed by atoms with Crippen LogP contribution >= 0.6 is 0 Å². The van der Waals surface area contributed by atoms with Crippen LogP contribution in [0.15, 0.2) is 12.4 Å². The molecule has 0 spiro atoms. The minimum Gasteiger partial charge on any atom is -0.473 e. The topological polar surface area (TPSA) is 47.5 Å². The van der Waals surface area contributed by atoms with Crippen LogP contribution in [0.1, 0.15) is 31.4 Å². The number of hydrogen-bond donors (Lipinski definition) is 0. The Labute approximate surface area is 126 Å². The van der Waals surface area contributed by atoms with Gasteiger partial charge in [-0.25, -0.2) is 4.98 Å². The fraction of sp³-hybridized carbons (Fsp3) is 0.750. The summed E-state index contributed by atoms with van der Waals surface area (Å²) in [5.74, 6) is 1.38. The molecule has 3 heterocycles. The van der Waals surface area contributed by atoms with Crippen LogP contribution in [0.2, 0.25) is 0 Å². The smallest absolute Gasteiger partial charge is 0.232 e. The standard InChI is InChI=1S/C16H25N3O2/c1-13-9-17-10-16(18-13)21-15-4-6-19(7-5-15)11-14-3-2-8-20-12-14/h9-10,14-15H,2-8,11-12H2,1H3. The molecule has 2 aliphatic heterocycles. The average molecular weight is 291 g/mol. The molecular weight excluding hydrogens is 266 g/mol. The van der Waals surface area contributed by atoms with E-state index in [9.17, 15) is 0 Å². The number of aryl methyl sites for hydroxylation is 1. The second-order valence-corrected chi connectivity index (χ2v) is 6.20. The first kappa shape index (κ1) is 14.7. The number of nitrogens with zero attached hydrogens (tertiary/aromatic N) is 3. The van der Waals surface area contributed by atoms with Gasteiger partial charge in [-0.05, 0) is 38.5 Å². The van der Waals surface area contributed by atoms with E-state index in [1.165, 1.54) is 19.4 Å². The van der Waals surface area contributed by atoms with E-state index >= 15 is 0 Å². The highest BCUT2D eigenvalue weighted by atomic mass is 16.5. The van der Waals surface area contributed by atoms with E-state index in [2.05, 4.69) is 14.9 Å². The summed E-state index contributed by atoms with van der Waals surface area (Å²) in [4.78, 5) is 11.1. The van der Waals surface area contributed by atoms with Gasteiger partial charge in [0.2, 0.25) is 5.88 Å². The SMILES string of the molecule is Cc1cncc(OC2CCN(CC3CCCOC3)CC2)n1. The fourth-order valence-electron chi connectivity index (χ4n) is 3.19. The molecule has 3 rings (SSSR count). The zero-order chi connectivity index (χ0) is 14.5. The molecule has 0 bridgehead atoms. The van der Waals surface area contributed by atoms with E-state index in [1.807, 2.05) is 6.92 Å². The Morgan fingerprint density at radius 3 is 2.86 bits per heavy atom. The summed E-state index contributed by atoms with van der Waals surface area (Å²) in [6.45, 7) is 7.23. The molecule has 0 saturated carbocycles. The lowest BCUT2D eigenvalue weighted by Gasteiger charge is -2.35. The quantitative estimate of drug-likeness (QED) is 0.850. The van der Waals surface area contributed by atoms with Crippen LogP contribution in [-0.2, 0) is 4.74 Å². The first-order valence-corrected chi connectivity index (χ1v) is 8.05. The maximum Gasteiger partial charge on any atom is 0.232 e. The Balaban J connectivity index is 1.42. The van der Waals surface area contributed by atoms with Crippen molar-refractivity contribution in [1.29, 1.82) is 0 Å². The van der Waals surface area contributed by atoms with Crippen molar-refractivity contribution in [3.05, 3.63) is 18.1 Å². The van der Waals surface area contributed by atoms with Gasteiger partial charge in [0.1, 0.15) is 6.10 Å². The normalized spacial score (nSPS) is 24.9. The van der Waals surface area contributed by atoms with Crippen molar-refractivity contribution in [3.8, 4) is 5.88 Å². The number of piperidine rings is 1. The number of ether oxygens (including phenoxy) is 2. The van der Waals surface area contributed by atoms with Crippen LogP contribution in [0.3, 0.4) is 0 Å². The first-order valence-electron chi connectivity index (χ1n) is 8.05. The van der Waals surface area contributed by atoms with Gasteiger partial charge in [-0.1, -0.05) is 0 Å². The molecule has 1 unspecified atom stereocenters. The summed E-state index contributed by atoms with van der Waals surface area (Å²) in [6.07, 6.45) is 8.42. The molecule has 2 saturated heterocycles. The predicted molar refractivity (Wildman–Crippen MR) is 80.4 cm³/mol. The highest BCUT2D eigenvalue weighted by Gasteiger charge is 2.24. The van der Waals surface area contributed by atoms with E-state index < -0.39 is 0 Å². The predicted octanol–water partition coefficient (Wildman–Crippen LogP) is 2.05. The summed E-state index contributed by atoms with van der Waals surface area (Å²) in [6, 6.07) is 0. The molecule has 0 aromatic carbocycles. The van der Waals surface area contributed by atoms with Gasteiger partial charge >= 0.3 is 0 Å². The van der Waals surface area contributed by atoms with Crippen molar-refractivity contribution in [2.24, 2.45) is 5.92 Å². The summed E-state index contributed by atoms with van der Waals surface area (Å²) in [5, 5.41) is 0. The summed E-state index contributed by atoms with van der Waals surface area (Å²) in [7, 11) is 0. The van der Waals surface area contributed by atoms with Gasteiger partial charge in [0.25, 0.3) is 0 Å². The monoisotopic (exact) mass is 291 g/mol. The molecule has 2 aliphatic rings. The highest BCUT2D eigenvalue weighted by molar-refractivity contribution is 5.07. The largest absolute Gasteiger partial charge is 0.473 e. The van der Waals surface area contributed by atoms with Gasteiger partial charge in [0.15, 0.2) is 0 Å². The Morgan fingerprint density at radius 1 is 1.29 bits per heavy atom. The summed E-state index contributed by atoms with van der Waals surface area (Å²) >= 11 is 0. The van der Waals surface area contributed by atoms with E-state index in [-0.39, 0.29) is 6.10 Å². The molecule has 0 aliphatic carbocycles. The van der Waals surface area contributed by atoms with E-state index in [4.69, 9.17) is 9.47 Å². The minimum atomic E-state index is 0.278. The number of aromatic nitrogens is 2. The molecular formula is C16H25N3O2. The van der Waals surface area contributed by atoms with Gasteiger partial charge in [-0.15, -0.1) is 0 Å². The number of likely N-dealkylation sites (tertiary alicyclic amines) is 1. The van der Waals surface area contributed by atoms with Crippen LogP contribution in [0.4, 0.5) is 0 Å². The Hall–Kier alpha value is -1.20. The molecule has 0 radical (unpaired) electrons. The lowest BCUT2D eigenvalue weighted by atomic mass is 9.99. The molecule has 5 heteroatoms. The van der Waals surface area contributed by atoms with Crippen LogP contribution < -0.4 is 4.74 Å². The first-order chi connectivity index (χ1) is 10.3. The van der Waals surface area contributed by atoms with Crippen LogP contribution in [0.5, 0.6) is 5.88 Å². The van der Waals surface area contributed by atoms with E-state index in [1.54, 1.807) is 12.4 Å². The van der Waals surface area contributed by atoms with Crippen molar-refractivity contribution in [3.63, 3.8) is 0 Å². The van der Waals surface area contributed by atoms with Crippen LogP contribution in [0.25, 0.3) is 0 Å². The maximum atomic E-state index is 5.95. The van der Waals surface area contributed by atoms with Gasteiger partial charge in [0, 0.05) is 32.4 Å². The van der Waals surface area contributed by atoms with Gasteiger partial charge < -0.3 is 14.4 Å². The van der Waals surface area contributed by atoms with Crippen molar-refractivity contribution >= 4 is 0 Å². The van der Waals surface area contributed by atoms with E-state index in [0.717, 1.165) is 50.8 Å². The molecule has 2 fully saturated rings. The third-order valence-corrected chi connectivity index (χ3v) is 4.33. The minimum absolute atomic E-state index is 0.278. The molecule has 1 aromatic rings. The lowest BCUT2D eigenvalue weighted by Crippen LogP contribution is -2.42. The average Bonchev–Trinajstić information content (AvgIpc) is 2.50. The van der Waals surface area contributed by atoms with Crippen molar-refractivity contribution in [1.82, 2.24) is 14.9 Å². The number of hydrogen-bond acceptors (Lipinski definition) is 5. The lowest BCUT2D eigenvalue weighted by molar-refractivity contribution is 0.0256. The Morgan fingerprint density at radius 2 is 2.14 bits per heavy atom. The van der Waals surface area contributed by atoms with Gasteiger partial charge in [0.05, 0.1) is 18.5 Å². The van der Waals surface area contributed by atoms with Crippen LogP contribution in [0, 0.1) is 12.8 Å². The zero-order valence-electron chi connectivity index (χ0n) is 12.8. The molecule has 1 aromatic heterocycles. The third kappa shape index (κ3) is 4.38. The van der Waals surface area contributed by atoms with Crippen molar-refractivity contribution < 1.29 is 9.47 Å². The Bertz CT molecular complexity index is 441. The van der Waals surface area contributed by atoms with Crippen LogP contribution in [-0.4, -0.2) is 53.8 Å². The molecule has 116 valence electrons. The third-order valence-electron chi connectivity index (χ3n) is 4.33. The summed E-state index contributed by atoms with van der Waals surface area (Å²) < 4.78 is 11.5. The van der Waals surface area contributed by atoms with Crippen molar-refractivity contribution in [2.75, 3.05) is 32.8 Å². The molecule has 21 heavy (non-hydrogen) atoms. The molecule has 1 atom stereocenters. The van der Waals surface area contributed by atoms with Gasteiger partial charge in [-0.3, -0.25) is 4.98 Å². The Kier molecular flexibility index (Phi) is 5.04. The zero-order valence-corrected chi connectivity index (χ0v) is 12.8. The fourth-order valence-corrected chi connectivity index (χ4v) is 3.19. The second-order valence-electron chi connectivity index (χ2n) is 6.20. The molecule has 5 nitrogen and oxygen atoms in total. The van der Waals surface area contributed by atoms with Crippen molar-refractivity contribution in [2.45, 2.75) is 38.7 Å². The maximum absolute atomic E-state index is 5.95. The van der Waals surface area contributed by atoms with Gasteiger partial charge in [-0.2, -0.15) is 0 Å². The number of rotatable bonds is 4.